The van der Waals surface area contributed by atoms with Crippen molar-refractivity contribution < 1.29 is 18.9 Å². The van der Waals surface area contributed by atoms with Gasteiger partial charge in [-0.25, -0.2) is 0 Å². The quantitative estimate of drug-likeness (QED) is 0.585. The number of hydrogen-bond donors (Lipinski definition) is 1. The first-order valence-corrected chi connectivity index (χ1v) is 7.15. The lowest BCUT2D eigenvalue weighted by Crippen LogP contribution is -2.14. The molecule has 21 heavy (non-hydrogen) atoms. The molecule has 0 atom stereocenters. The highest BCUT2D eigenvalue weighted by atomic mass is 16.6. The van der Waals surface area contributed by atoms with Crippen molar-refractivity contribution in [1.82, 2.24) is 10.3 Å². The van der Waals surface area contributed by atoms with Crippen LogP contribution in [-0.2, 0) is 20.8 Å². The molecule has 1 rings (SSSR count). The van der Waals surface area contributed by atoms with Gasteiger partial charge in [-0.1, -0.05) is 0 Å². The minimum Gasteiger partial charge on any atom is -0.491 e. The number of rotatable bonds is 12. The maximum Gasteiger partial charge on any atom is 0.127 e. The van der Waals surface area contributed by atoms with E-state index in [4.69, 9.17) is 18.9 Å². The first kappa shape index (κ1) is 17.8. The monoisotopic (exact) mass is 298 g/mol. The van der Waals surface area contributed by atoms with Crippen LogP contribution in [0.15, 0.2) is 12.3 Å². The van der Waals surface area contributed by atoms with E-state index in [1.54, 1.807) is 7.11 Å². The van der Waals surface area contributed by atoms with Crippen molar-refractivity contribution in [3.05, 3.63) is 23.5 Å². The highest BCUT2D eigenvalue weighted by Gasteiger charge is 2.04. The van der Waals surface area contributed by atoms with Crippen LogP contribution in [0, 0.1) is 6.92 Å². The predicted molar refractivity (Wildman–Crippen MR) is 80.7 cm³/mol. The fourth-order valence-electron chi connectivity index (χ4n) is 1.70. The van der Waals surface area contributed by atoms with Gasteiger partial charge in [-0.05, 0) is 14.0 Å². The molecule has 0 bridgehead atoms. The summed E-state index contributed by atoms with van der Waals surface area (Å²) in [6, 6.07) is 1.94. The van der Waals surface area contributed by atoms with Crippen molar-refractivity contribution >= 4 is 0 Å². The van der Waals surface area contributed by atoms with Crippen LogP contribution < -0.4 is 10.1 Å². The molecule has 0 fully saturated rings. The second kappa shape index (κ2) is 11.4. The first-order chi connectivity index (χ1) is 10.3. The smallest absolute Gasteiger partial charge is 0.127 e. The van der Waals surface area contributed by atoms with Gasteiger partial charge in [-0.15, -0.1) is 0 Å². The summed E-state index contributed by atoms with van der Waals surface area (Å²) in [4.78, 5) is 4.27. The molecule has 0 aromatic carbocycles. The Bertz CT molecular complexity index is 388. The zero-order valence-corrected chi connectivity index (χ0v) is 13.2. The van der Waals surface area contributed by atoms with E-state index in [0.717, 1.165) is 23.6 Å². The zero-order chi connectivity index (χ0) is 15.3. The molecule has 0 amide bonds. The third-order valence-electron chi connectivity index (χ3n) is 2.74. The topological polar surface area (TPSA) is 61.8 Å². The third-order valence-corrected chi connectivity index (χ3v) is 2.74. The standard InChI is InChI=1S/C15H26N2O4/c1-13-10-15(14(11-16-2)12-17-13)21-9-8-20-7-6-19-5-4-18-3/h10,12,16H,4-9,11H2,1-3H3. The van der Waals surface area contributed by atoms with Crippen molar-refractivity contribution in [2.45, 2.75) is 13.5 Å². The van der Waals surface area contributed by atoms with Gasteiger partial charge >= 0.3 is 0 Å². The van der Waals surface area contributed by atoms with Gasteiger partial charge in [0.2, 0.25) is 0 Å². The Labute approximate surface area is 126 Å². The van der Waals surface area contributed by atoms with Crippen LogP contribution in [0.5, 0.6) is 5.75 Å². The zero-order valence-electron chi connectivity index (χ0n) is 13.2. The number of ether oxygens (including phenoxy) is 4. The molecule has 0 unspecified atom stereocenters. The van der Waals surface area contributed by atoms with E-state index in [9.17, 15) is 0 Å². The normalized spacial score (nSPS) is 10.8. The number of hydrogen-bond acceptors (Lipinski definition) is 6. The number of aryl methyl sites for hydroxylation is 1. The Morgan fingerprint density at radius 3 is 2.38 bits per heavy atom. The average molecular weight is 298 g/mol. The van der Waals surface area contributed by atoms with Gasteiger partial charge in [-0.2, -0.15) is 0 Å². The van der Waals surface area contributed by atoms with Gasteiger partial charge in [-0.3, -0.25) is 4.98 Å². The fourth-order valence-corrected chi connectivity index (χ4v) is 1.70. The number of nitrogens with zero attached hydrogens (tertiary/aromatic N) is 1. The highest BCUT2D eigenvalue weighted by Crippen LogP contribution is 2.18. The SMILES string of the molecule is CNCc1cnc(C)cc1OCCOCCOCCOC. The summed E-state index contributed by atoms with van der Waals surface area (Å²) in [6.45, 7) is 6.07. The maximum absolute atomic E-state index is 5.75. The largest absolute Gasteiger partial charge is 0.491 e. The van der Waals surface area contributed by atoms with E-state index in [0.29, 0.717) is 39.6 Å². The lowest BCUT2D eigenvalue weighted by molar-refractivity contribution is 0.0179. The van der Waals surface area contributed by atoms with Crippen LogP contribution >= 0.6 is 0 Å². The summed E-state index contributed by atoms with van der Waals surface area (Å²) in [5.41, 5.74) is 1.99. The van der Waals surface area contributed by atoms with Gasteiger partial charge < -0.3 is 24.3 Å². The molecular weight excluding hydrogens is 272 g/mol. The average Bonchev–Trinajstić information content (AvgIpc) is 2.48. The number of nitrogens with one attached hydrogen (secondary N) is 1. The lowest BCUT2D eigenvalue weighted by Gasteiger charge is -2.12. The van der Waals surface area contributed by atoms with Crippen LogP contribution in [0.1, 0.15) is 11.3 Å². The van der Waals surface area contributed by atoms with Gasteiger partial charge in [0.1, 0.15) is 12.4 Å². The van der Waals surface area contributed by atoms with Crippen molar-refractivity contribution in [3.63, 3.8) is 0 Å². The Hall–Kier alpha value is -1.21. The molecule has 0 saturated heterocycles. The van der Waals surface area contributed by atoms with Gasteiger partial charge in [0.15, 0.2) is 0 Å². The summed E-state index contributed by atoms with van der Waals surface area (Å²) < 4.78 is 21.4. The molecule has 6 nitrogen and oxygen atoms in total. The molecule has 120 valence electrons. The Morgan fingerprint density at radius 2 is 1.71 bits per heavy atom. The second-order valence-corrected chi connectivity index (χ2v) is 4.53. The third kappa shape index (κ3) is 7.96. The molecule has 0 aliphatic carbocycles. The molecule has 0 spiro atoms. The van der Waals surface area contributed by atoms with E-state index in [1.807, 2.05) is 26.2 Å². The molecule has 0 radical (unpaired) electrons. The number of methoxy groups -OCH3 is 1. The van der Waals surface area contributed by atoms with E-state index in [2.05, 4.69) is 10.3 Å². The summed E-state index contributed by atoms with van der Waals surface area (Å²) in [5.74, 6) is 0.858. The highest BCUT2D eigenvalue weighted by molar-refractivity contribution is 5.32. The molecule has 1 aromatic heterocycles. The van der Waals surface area contributed by atoms with Crippen LogP contribution in [0.2, 0.25) is 0 Å². The van der Waals surface area contributed by atoms with Crippen molar-refractivity contribution in [2.75, 3.05) is 53.8 Å². The number of aromatic nitrogens is 1. The molecule has 1 N–H and O–H groups in total. The van der Waals surface area contributed by atoms with Crippen molar-refractivity contribution in [2.24, 2.45) is 0 Å². The molecule has 0 aliphatic rings. The van der Waals surface area contributed by atoms with Gasteiger partial charge in [0.05, 0.1) is 33.0 Å². The molecule has 0 saturated carbocycles. The van der Waals surface area contributed by atoms with E-state index >= 15 is 0 Å². The summed E-state index contributed by atoms with van der Waals surface area (Å²) in [6.07, 6.45) is 1.84. The number of pyridine rings is 1. The van der Waals surface area contributed by atoms with Crippen LogP contribution in [0.3, 0.4) is 0 Å². The molecule has 6 heteroatoms. The van der Waals surface area contributed by atoms with Crippen LogP contribution in [-0.4, -0.2) is 58.8 Å². The fraction of sp³-hybridized carbons (Fsp3) is 0.667. The molecule has 1 heterocycles. The van der Waals surface area contributed by atoms with E-state index in [-0.39, 0.29) is 0 Å². The van der Waals surface area contributed by atoms with E-state index < -0.39 is 0 Å². The Balaban J connectivity index is 2.16. The van der Waals surface area contributed by atoms with Crippen molar-refractivity contribution in [1.29, 1.82) is 0 Å². The molecule has 0 aliphatic heterocycles. The first-order valence-electron chi connectivity index (χ1n) is 7.15. The van der Waals surface area contributed by atoms with Gasteiger partial charge in [0.25, 0.3) is 0 Å². The maximum atomic E-state index is 5.75. The summed E-state index contributed by atoms with van der Waals surface area (Å²) in [5, 5.41) is 3.10. The minimum atomic E-state index is 0.512. The molecular formula is C15H26N2O4. The van der Waals surface area contributed by atoms with Gasteiger partial charge in [0, 0.05) is 37.2 Å². The Morgan fingerprint density at radius 1 is 1.05 bits per heavy atom. The summed E-state index contributed by atoms with van der Waals surface area (Å²) in [7, 11) is 3.55. The molecule has 1 aromatic rings. The summed E-state index contributed by atoms with van der Waals surface area (Å²) >= 11 is 0. The van der Waals surface area contributed by atoms with E-state index in [1.165, 1.54) is 0 Å². The van der Waals surface area contributed by atoms with Crippen molar-refractivity contribution in [3.8, 4) is 5.75 Å². The lowest BCUT2D eigenvalue weighted by atomic mass is 10.2. The predicted octanol–water partition coefficient (Wildman–Crippen LogP) is 1.17. The van der Waals surface area contributed by atoms with Crippen LogP contribution in [0.4, 0.5) is 0 Å². The second-order valence-electron chi connectivity index (χ2n) is 4.53. The Kier molecular flexibility index (Phi) is 9.73. The van der Waals surface area contributed by atoms with Crippen LogP contribution in [0.25, 0.3) is 0 Å². The minimum absolute atomic E-state index is 0.512.